The summed E-state index contributed by atoms with van der Waals surface area (Å²) < 4.78 is 15.1. The van der Waals surface area contributed by atoms with Gasteiger partial charge < -0.3 is 5.73 Å². The number of nitrogens with two attached hydrogens (primary N) is 1. The molecule has 0 saturated heterocycles. The van der Waals surface area contributed by atoms with Gasteiger partial charge in [0.05, 0.1) is 5.69 Å². The number of aromatic nitrogens is 4. The lowest BCUT2D eigenvalue weighted by molar-refractivity contribution is 0.633. The van der Waals surface area contributed by atoms with E-state index >= 15 is 0 Å². The zero-order chi connectivity index (χ0) is 11.8. The first-order chi connectivity index (χ1) is 8.25. The van der Waals surface area contributed by atoms with Crippen molar-refractivity contribution in [1.29, 1.82) is 0 Å². The minimum Gasteiger partial charge on any atom is -0.396 e. The summed E-state index contributed by atoms with van der Waals surface area (Å²) in [6, 6.07) is 6.26. The van der Waals surface area contributed by atoms with E-state index in [0.717, 1.165) is 0 Å². The number of halogens is 1. The number of fused-ring (bicyclic) bond motifs is 1. The first kappa shape index (κ1) is 9.71. The highest BCUT2D eigenvalue weighted by Crippen LogP contribution is 2.21. The van der Waals surface area contributed by atoms with Crippen LogP contribution < -0.4 is 5.73 Å². The van der Waals surface area contributed by atoms with Crippen LogP contribution in [0.15, 0.2) is 36.8 Å². The topological polar surface area (TPSA) is 69.1 Å². The van der Waals surface area contributed by atoms with Gasteiger partial charge in [0.25, 0.3) is 0 Å². The van der Waals surface area contributed by atoms with Crippen molar-refractivity contribution >= 4 is 11.3 Å². The van der Waals surface area contributed by atoms with E-state index in [4.69, 9.17) is 5.73 Å². The fourth-order valence-electron chi connectivity index (χ4n) is 1.61. The van der Waals surface area contributed by atoms with Gasteiger partial charge in [0.15, 0.2) is 11.5 Å². The van der Waals surface area contributed by atoms with Gasteiger partial charge in [-0.2, -0.15) is 0 Å². The van der Waals surface area contributed by atoms with Gasteiger partial charge in [-0.25, -0.2) is 9.37 Å². The molecule has 0 aliphatic heterocycles. The Kier molecular flexibility index (Phi) is 2.01. The molecule has 0 aliphatic rings. The summed E-state index contributed by atoms with van der Waals surface area (Å²) >= 11 is 0. The molecule has 5 nitrogen and oxygen atoms in total. The number of benzene rings is 1. The lowest BCUT2D eigenvalue weighted by Gasteiger charge is -2.01. The fraction of sp³-hybridized carbons (Fsp3) is 0. The third-order valence-corrected chi connectivity index (χ3v) is 2.47. The number of rotatable bonds is 1. The number of nitrogen functional groups attached to an aromatic ring is 1. The zero-order valence-electron chi connectivity index (χ0n) is 8.71. The van der Waals surface area contributed by atoms with Gasteiger partial charge in [0.1, 0.15) is 12.1 Å². The summed E-state index contributed by atoms with van der Waals surface area (Å²) in [6.07, 6.45) is 3.20. The van der Waals surface area contributed by atoms with Gasteiger partial charge in [0.2, 0.25) is 0 Å². The van der Waals surface area contributed by atoms with Crippen LogP contribution in [0.5, 0.6) is 0 Å². The largest absolute Gasteiger partial charge is 0.396 e. The molecule has 6 heteroatoms. The van der Waals surface area contributed by atoms with Crippen LogP contribution in [0.1, 0.15) is 0 Å². The predicted octanol–water partition coefficient (Wildman–Crippen LogP) is 1.51. The molecule has 1 aromatic carbocycles. The van der Waals surface area contributed by atoms with Crippen LogP contribution >= 0.6 is 0 Å². The molecule has 3 rings (SSSR count). The lowest BCUT2D eigenvalue weighted by Crippen LogP contribution is -1.94. The Bertz CT molecular complexity index is 691. The molecule has 84 valence electrons. The number of nitrogens with zero attached hydrogens (tertiary/aromatic N) is 4. The third-order valence-electron chi connectivity index (χ3n) is 2.47. The molecular formula is C11H8FN5. The van der Waals surface area contributed by atoms with Gasteiger partial charge in [-0.05, 0) is 18.2 Å². The van der Waals surface area contributed by atoms with Crippen molar-refractivity contribution < 1.29 is 4.39 Å². The van der Waals surface area contributed by atoms with Crippen LogP contribution in [-0.4, -0.2) is 19.6 Å². The molecule has 0 atom stereocenters. The molecule has 2 N–H and O–H groups in total. The molecule has 0 aliphatic carbocycles. The summed E-state index contributed by atoms with van der Waals surface area (Å²) in [5.74, 6) is 0.0649. The zero-order valence-corrected chi connectivity index (χ0v) is 8.71. The minimum atomic E-state index is -0.469. The van der Waals surface area contributed by atoms with Crippen molar-refractivity contribution in [3.63, 3.8) is 0 Å². The molecular weight excluding hydrogens is 221 g/mol. The van der Waals surface area contributed by atoms with Crippen molar-refractivity contribution in [2.24, 2.45) is 0 Å². The Labute approximate surface area is 95.7 Å². The summed E-state index contributed by atoms with van der Waals surface area (Å²) in [5, 5.41) is 7.97. The second kappa shape index (κ2) is 3.51. The maximum absolute atomic E-state index is 13.4. The van der Waals surface area contributed by atoms with Crippen molar-refractivity contribution in [2.75, 3.05) is 5.73 Å². The van der Waals surface area contributed by atoms with Crippen LogP contribution in [0.25, 0.3) is 17.0 Å². The van der Waals surface area contributed by atoms with Gasteiger partial charge in [-0.1, -0.05) is 0 Å². The predicted molar refractivity (Wildman–Crippen MR) is 60.6 cm³/mol. The Morgan fingerprint density at radius 2 is 2.06 bits per heavy atom. The van der Waals surface area contributed by atoms with E-state index < -0.39 is 5.82 Å². The summed E-state index contributed by atoms with van der Waals surface area (Å²) in [5.41, 5.74) is 6.80. The quantitative estimate of drug-likeness (QED) is 0.642. The second-order valence-electron chi connectivity index (χ2n) is 3.57. The van der Waals surface area contributed by atoms with Crippen molar-refractivity contribution in [3.05, 3.63) is 42.6 Å². The Hall–Kier alpha value is -2.50. The third kappa shape index (κ3) is 1.50. The van der Waals surface area contributed by atoms with E-state index in [2.05, 4.69) is 15.2 Å². The van der Waals surface area contributed by atoms with Crippen LogP contribution in [0.3, 0.4) is 0 Å². The Morgan fingerprint density at radius 3 is 2.88 bits per heavy atom. The Balaban J connectivity index is 2.24. The molecule has 0 unspecified atom stereocenters. The van der Waals surface area contributed by atoms with Gasteiger partial charge in [0, 0.05) is 17.8 Å². The second-order valence-corrected chi connectivity index (χ2v) is 3.57. The van der Waals surface area contributed by atoms with E-state index in [1.807, 2.05) is 0 Å². The summed E-state index contributed by atoms with van der Waals surface area (Å²) in [4.78, 5) is 3.98. The van der Waals surface area contributed by atoms with Crippen LogP contribution in [-0.2, 0) is 0 Å². The van der Waals surface area contributed by atoms with Crippen molar-refractivity contribution in [3.8, 4) is 11.4 Å². The normalized spacial score (nSPS) is 10.9. The van der Waals surface area contributed by atoms with Crippen molar-refractivity contribution in [1.82, 2.24) is 19.6 Å². The first-order valence-corrected chi connectivity index (χ1v) is 4.96. The van der Waals surface area contributed by atoms with Crippen LogP contribution in [0, 0.1) is 5.82 Å². The molecule has 2 aromatic heterocycles. The molecule has 3 aromatic rings. The molecule has 0 fully saturated rings. The average molecular weight is 229 g/mol. The number of hydrogen-bond donors (Lipinski definition) is 1. The maximum atomic E-state index is 13.4. The number of anilines is 1. The molecule has 17 heavy (non-hydrogen) atoms. The number of hydrogen-bond acceptors (Lipinski definition) is 4. The molecule has 0 saturated carbocycles. The molecule has 0 radical (unpaired) electrons. The lowest BCUT2D eigenvalue weighted by atomic mass is 10.2. The van der Waals surface area contributed by atoms with E-state index in [9.17, 15) is 4.39 Å². The van der Waals surface area contributed by atoms with E-state index in [-0.39, 0.29) is 5.69 Å². The average Bonchev–Trinajstić information content (AvgIpc) is 2.76. The summed E-state index contributed by atoms with van der Waals surface area (Å²) in [6.45, 7) is 0. The van der Waals surface area contributed by atoms with Gasteiger partial charge in [-0.15, -0.1) is 10.2 Å². The summed E-state index contributed by atoms with van der Waals surface area (Å²) in [7, 11) is 0. The molecule has 0 bridgehead atoms. The fourth-order valence-corrected chi connectivity index (χ4v) is 1.61. The highest BCUT2D eigenvalue weighted by atomic mass is 19.1. The molecule has 2 heterocycles. The smallest absolute Gasteiger partial charge is 0.169 e. The SMILES string of the molecule is Nc1ccc(-c2nnc3ccncn23)cc1F. The molecule has 0 spiro atoms. The highest BCUT2D eigenvalue weighted by molar-refractivity contribution is 5.62. The van der Waals surface area contributed by atoms with E-state index in [1.54, 1.807) is 29.1 Å². The molecule has 0 amide bonds. The Morgan fingerprint density at radius 1 is 1.18 bits per heavy atom. The monoisotopic (exact) mass is 229 g/mol. The van der Waals surface area contributed by atoms with Crippen LogP contribution in [0.4, 0.5) is 10.1 Å². The van der Waals surface area contributed by atoms with Gasteiger partial charge >= 0.3 is 0 Å². The maximum Gasteiger partial charge on any atom is 0.169 e. The highest BCUT2D eigenvalue weighted by Gasteiger charge is 2.09. The first-order valence-electron chi connectivity index (χ1n) is 4.96. The van der Waals surface area contributed by atoms with E-state index in [0.29, 0.717) is 17.0 Å². The van der Waals surface area contributed by atoms with Crippen molar-refractivity contribution in [2.45, 2.75) is 0 Å². The van der Waals surface area contributed by atoms with E-state index in [1.165, 1.54) is 12.1 Å². The minimum absolute atomic E-state index is 0.112. The standard InChI is InChI=1S/C11H8FN5/c12-8-5-7(1-2-9(8)13)11-16-15-10-3-4-14-6-17(10)11/h1-6H,13H2. The van der Waals surface area contributed by atoms with Gasteiger partial charge in [-0.3, -0.25) is 4.40 Å². The van der Waals surface area contributed by atoms with Crippen LogP contribution in [0.2, 0.25) is 0 Å².